The molecule has 1 aromatic rings. The first-order chi connectivity index (χ1) is 9.03. The first-order valence-corrected chi connectivity index (χ1v) is 6.42. The highest BCUT2D eigenvalue weighted by Crippen LogP contribution is 2.42. The molecule has 4 nitrogen and oxygen atoms in total. The summed E-state index contributed by atoms with van der Waals surface area (Å²) in [4.78, 5) is 2.17. The zero-order valence-electron chi connectivity index (χ0n) is 10.7. The Kier molecular flexibility index (Phi) is 2.97. The minimum atomic E-state index is -3.55. The van der Waals surface area contributed by atoms with E-state index in [9.17, 15) is 8.78 Å². The summed E-state index contributed by atoms with van der Waals surface area (Å²) in [6.45, 7) is 4.82. The predicted molar refractivity (Wildman–Crippen MR) is 66.9 cm³/mol. The zero-order valence-corrected chi connectivity index (χ0v) is 10.7. The van der Waals surface area contributed by atoms with Crippen molar-refractivity contribution in [2.75, 3.05) is 24.5 Å². The Morgan fingerprint density at radius 2 is 2.11 bits per heavy atom. The molecule has 0 amide bonds. The van der Waals surface area contributed by atoms with Crippen molar-refractivity contribution in [2.45, 2.75) is 25.7 Å². The van der Waals surface area contributed by atoms with Gasteiger partial charge in [0.25, 0.3) is 0 Å². The Hall–Kier alpha value is -1.56. The van der Waals surface area contributed by atoms with Crippen LogP contribution in [0, 0.1) is 0 Å². The molecule has 1 unspecified atom stereocenters. The monoisotopic (exact) mass is 270 g/mol. The van der Waals surface area contributed by atoms with E-state index < -0.39 is 6.29 Å². The number of halogens is 2. The van der Waals surface area contributed by atoms with E-state index in [1.165, 1.54) is 6.07 Å². The number of fused-ring (bicyclic) bond motifs is 1. The van der Waals surface area contributed by atoms with Gasteiger partial charge in [-0.05, 0) is 32.0 Å². The van der Waals surface area contributed by atoms with Crippen molar-refractivity contribution in [2.24, 2.45) is 0 Å². The van der Waals surface area contributed by atoms with E-state index in [1.807, 2.05) is 0 Å². The molecule has 0 bridgehead atoms. The number of nitrogens with one attached hydrogen (secondary N) is 1. The Morgan fingerprint density at radius 3 is 2.95 bits per heavy atom. The van der Waals surface area contributed by atoms with Crippen LogP contribution in [0.3, 0.4) is 0 Å². The van der Waals surface area contributed by atoms with Crippen molar-refractivity contribution in [3.63, 3.8) is 0 Å². The van der Waals surface area contributed by atoms with Crippen LogP contribution in [-0.2, 0) is 0 Å². The molecule has 104 valence electrons. The van der Waals surface area contributed by atoms with Crippen molar-refractivity contribution in [1.82, 2.24) is 5.32 Å². The highest BCUT2D eigenvalue weighted by atomic mass is 19.3. The van der Waals surface area contributed by atoms with Crippen LogP contribution in [0.1, 0.15) is 13.3 Å². The van der Waals surface area contributed by atoms with Gasteiger partial charge in [0, 0.05) is 30.9 Å². The van der Waals surface area contributed by atoms with E-state index in [0.717, 1.165) is 31.7 Å². The number of rotatable bonds is 1. The molecule has 2 aliphatic heterocycles. The average molecular weight is 270 g/mol. The molecular formula is C13H16F2N2O2. The number of nitrogens with zero attached hydrogens (tertiary/aromatic N) is 1. The molecule has 19 heavy (non-hydrogen) atoms. The van der Waals surface area contributed by atoms with Gasteiger partial charge < -0.3 is 19.7 Å². The molecular weight excluding hydrogens is 254 g/mol. The lowest BCUT2D eigenvalue weighted by Gasteiger charge is -2.24. The molecule has 0 radical (unpaired) electrons. The lowest BCUT2D eigenvalue weighted by Crippen LogP contribution is -2.35. The van der Waals surface area contributed by atoms with Gasteiger partial charge >= 0.3 is 6.29 Å². The molecule has 1 aromatic carbocycles. The second kappa shape index (κ2) is 4.52. The number of alkyl halides is 2. The van der Waals surface area contributed by atoms with Gasteiger partial charge in [-0.1, -0.05) is 0 Å². The molecule has 1 fully saturated rings. The molecule has 1 saturated heterocycles. The quantitative estimate of drug-likeness (QED) is 0.848. The zero-order chi connectivity index (χ0) is 13.5. The third-order valence-corrected chi connectivity index (χ3v) is 3.34. The Bertz CT molecular complexity index is 482. The summed E-state index contributed by atoms with van der Waals surface area (Å²) >= 11 is 0. The number of hydrogen-bond acceptors (Lipinski definition) is 4. The summed E-state index contributed by atoms with van der Waals surface area (Å²) in [6, 6.07) is 5.32. The number of ether oxygens (including phenoxy) is 2. The van der Waals surface area contributed by atoms with Crippen LogP contribution in [0.25, 0.3) is 0 Å². The fraction of sp³-hybridized carbons (Fsp3) is 0.538. The highest BCUT2D eigenvalue weighted by Gasteiger charge is 2.43. The van der Waals surface area contributed by atoms with Crippen LogP contribution in [-0.4, -0.2) is 32.0 Å². The van der Waals surface area contributed by atoms with Crippen LogP contribution in [0.15, 0.2) is 18.2 Å². The Labute approximate surface area is 110 Å². The van der Waals surface area contributed by atoms with Crippen LogP contribution in [0.2, 0.25) is 0 Å². The van der Waals surface area contributed by atoms with E-state index in [0.29, 0.717) is 6.04 Å². The first kappa shape index (κ1) is 12.5. The maximum Gasteiger partial charge on any atom is 0.586 e. The number of anilines is 1. The summed E-state index contributed by atoms with van der Waals surface area (Å²) in [5.41, 5.74) is 0.885. The Morgan fingerprint density at radius 1 is 1.32 bits per heavy atom. The molecule has 3 rings (SSSR count). The third kappa shape index (κ3) is 2.58. The normalized spacial score (nSPS) is 25.2. The predicted octanol–water partition coefficient (Wildman–Crippen LogP) is 2.20. The number of benzene rings is 1. The number of hydrogen-bond donors (Lipinski definition) is 1. The minimum absolute atomic E-state index is 0.0924. The SMILES string of the molecule is CC1CN(c2ccc3c(c2)OC(F)(F)O3)CCCN1. The van der Waals surface area contributed by atoms with Crippen LogP contribution in [0.5, 0.6) is 11.5 Å². The van der Waals surface area contributed by atoms with E-state index in [4.69, 9.17) is 0 Å². The molecule has 0 aromatic heterocycles. The van der Waals surface area contributed by atoms with Gasteiger partial charge in [-0.25, -0.2) is 0 Å². The van der Waals surface area contributed by atoms with Crippen molar-refractivity contribution >= 4 is 5.69 Å². The van der Waals surface area contributed by atoms with Crippen molar-refractivity contribution in [3.05, 3.63) is 18.2 Å². The topological polar surface area (TPSA) is 33.7 Å². The fourth-order valence-corrected chi connectivity index (χ4v) is 2.47. The van der Waals surface area contributed by atoms with E-state index in [-0.39, 0.29) is 11.5 Å². The average Bonchev–Trinajstić information content (AvgIpc) is 2.50. The second-order valence-corrected chi connectivity index (χ2v) is 4.95. The molecule has 0 spiro atoms. The molecule has 2 heterocycles. The van der Waals surface area contributed by atoms with E-state index >= 15 is 0 Å². The summed E-state index contributed by atoms with van der Waals surface area (Å²) in [6.07, 6.45) is -2.52. The molecule has 1 N–H and O–H groups in total. The fourth-order valence-electron chi connectivity index (χ4n) is 2.47. The summed E-state index contributed by atoms with van der Waals surface area (Å²) < 4.78 is 34.8. The molecule has 0 saturated carbocycles. The maximum absolute atomic E-state index is 13.0. The molecule has 1 atom stereocenters. The summed E-state index contributed by atoms with van der Waals surface area (Å²) in [7, 11) is 0. The summed E-state index contributed by atoms with van der Waals surface area (Å²) in [5.74, 6) is 0.196. The first-order valence-electron chi connectivity index (χ1n) is 6.42. The van der Waals surface area contributed by atoms with E-state index in [2.05, 4.69) is 26.6 Å². The van der Waals surface area contributed by atoms with Crippen LogP contribution in [0.4, 0.5) is 14.5 Å². The van der Waals surface area contributed by atoms with Crippen molar-refractivity contribution in [3.8, 4) is 11.5 Å². The summed E-state index contributed by atoms with van der Waals surface area (Å²) in [5, 5.41) is 3.39. The van der Waals surface area contributed by atoms with Gasteiger partial charge in [-0.15, -0.1) is 8.78 Å². The van der Waals surface area contributed by atoms with Gasteiger partial charge in [0.2, 0.25) is 0 Å². The maximum atomic E-state index is 13.0. The minimum Gasteiger partial charge on any atom is -0.395 e. The van der Waals surface area contributed by atoms with Gasteiger partial charge in [0.1, 0.15) is 0 Å². The van der Waals surface area contributed by atoms with Gasteiger partial charge in [-0.2, -0.15) is 0 Å². The smallest absolute Gasteiger partial charge is 0.395 e. The van der Waals surface area contributed by atoms with Crippen molar-refractivity contribution < 1.29 is 18.3 Å². The third-order valence-electron chi connectivity index (χ3n) is 3.34. The largest absolute Gasteiger partial charge is 0.586 e. The van der Waals surface area contributed by atoms with Crippen LogP contribution >= 0.6 is 0 Å². The van der Waals surface area contributed by atoms with E-state index in [1.54, 1.807) is 12.1 Å². The highest BCUT2D eigenvalue weighted by molar-refractivity contribution is 5.57. The lowest BCUT2D eigenvalue weighted by molar-refractivity contribution is -0.286. The Balaban J connectivity index is 1.83. The molecule has 0 aliphatic carbocycles. The van der Waals surface area contributed by atoms with Gasteiger partial charge in [-0.3, -0.25) is 0 Å². The van der Waals surface area contributed by atoms with Crippen molar-refractivity contribution in [1.29, 1.82) is 0 Å². The molecule has 2 aliphatic rings. The molecule has 6 heteroatoms. The van der Waals surface area contributed by atoms with Gasteiger partial charge in [0.05, 0.1) is 0 Å². The van der Waals surface area contributed by atoms with Crippen LogP contribution < -0.4 is 19.7 Å². The standard InChI is InChI=1S/C13H16F2N2O2/c1-9-8-17(6-2-5-16-9)10-3-4-11-12(7-10)19-13(14,15)18-11/h3-4,7,9,16H,2,5-6,8H2,1H3. The second-order valence-electron chi connectivity index (χ2n) is 4.95. The van der Waals surface area contributed by atoms with Gasteiger partial charge in [0.15, 0.2) is 11.5 Å². The lowest BCUT2D eigenvalue weighted by atomic mass is 10.2.